The molecule has 2 nitrogen and oxygen atoms in total. The first-order valence-electron chi connectivity index (χ1n) is 3.33. The van der Waals surface area contributed by atoms with Gasteiger partial charge in [0.15, 0.2) is 0 Å². The van der Waals surface area contributed by atoms with Crippen molar-refractivity contribution in [2.24, 2.45) is 0 Å². The number of rotatable bonds is 2. The molecule has 0 heterocycles. The molecule has 60 valence electrons. The SMILES string of the molecule is C[C@H](NC(C)(C)C)C(=O)S. The molecule has 0 amide bonds. The van der Waals surface area contributed by atoms with Crippen molar-refractivity contribution in [2.75, 3.05) is 0 Å². The average Bonchev–Trinajstić information content (AvgIpc) is 1.60. The molecule has 0 aliphatic carbocycles. The van der Waals surface area contributed by atoms with Gasteiger partial charge in [-0.2, -0.15) is 0 Å². The normalized spacial score (nSPS) is 14.9. The highest BCUT2D eigenvalue weighted by atomic mass is 32.1. The van der Waals surface area contributed by atoms with Crippen LogP contribution < -0.4 is 5.32 Å². The summed E-state index contributed by atoms with van der Waals surface area (Å²) in [6.07, 6.45) is 0. The Kier molecular flexibility index (Phi) is 3.39. The fraction of sp³-hybridized carbons (Fsp3) is 0.857. The molecule has 0 aromatic heterocycles. The second-order valence-corrected chi connectivity index (χ2v) is 3.90. The molecule has 10 heavy (non-hydrogen) atoms. The summed E-state index contributed by atoms with van der Waals surface area (Å²) < 4.78 is 0. The van der Waals surface area contributed by atoms with E-state index in [2.05, 4.69) is 17.9 Å². The van der Waals surface area contributed by atoms with Gasteiger partial charge in [-0.1, -0.05) is 0 Å². The van der Waals surface area contributed by atoms with Crippen molar-refractivity contribution in [1.29, 1.82) is 0 Å². The van der Waals surface area contributed by atoms with Crippen LogP contribution >= 0.6 is 12.6 Å². The maximum atomic E-state index is 10.6. The molecule has 3 heteroatoms. The number of thiol groups is 1. The fourth-order valence-corrected chi connectivity index (χ4v) is 0.776. The van der Waals surface area contributed by atoms with Crippen LogP contribution in [0.15, 0.2) is 0 Å². The van der Waals surface area contributed by atoms with Crippen LogP contribution in [0.3, 0.4) is 0 Å². The van der Waals surface area contributed by atoms with Gasteiger partial charge in [-0.15, -0.1) is 12.6 Å². The minimum Gasteiger partial charge on any atom is -0.302 e. The minimum absolute atomic E-state index is 0.0161. The summed E-state index contributed by atoms with van der Waals surface area (Å²) in [6, 6.07) is -0.164. The van der Waals surface area contributed by atoms with Crippen molar-refractivity contribution in [1.82, 2.24) is 5.32 Å². The molecule has 0 unspecified atom stereocenters. The van der Waals surface area contributed by atoms with E-state index in [-0.39, 0.29) is 16.7 Å². The summed E-state index contributed by atoms with van der Waals surface area (Å²) in [4.78, 5) is 10.6. The van der Waals surface area contributed by atoms with Gasteiger partial charge < -0.3 is 5.32 Å². The van der Waals surface area contributed by atoms with E-state index in [9.17, 15) is 4.79 Å². The Morgan fingerprint density at radius 2 is 1.90 bits per heavy atom. The molecular weight excluding hydrogens is 146 g/mol. The Balaban J connectivity index is 3.80. The standard InChI is InChI=1S/C7H15NOS/c1-5(6(9)10)8-7(2,3)4/h5,8H,1-4H3,(H,9,10)/t5-/m0/s1. The van der Waals surface area contributed by atoms with E-state index < -0.39 is 0 Å². The van der Waals surface area contributed by atoms with Crippen LogP contribution in [-0.4, -0.2) is 16.7 Å². The fourth-order valence-electron chi connectivity index (χ4n) is 0.711. The van der Waals surface area contributed by atoms with Gasteiger partial charge in [-0.3, -0.25) is 4.79 Å². The Labute approximate surface area is 67.8 Å². The zero-order valence-electron chi connectivity index (χ0n) is 6.93. The molecule has 0 saturated carbocycles. The van der Waals surface area contributed by atoms with Gasteiger partial charge in [0.05, 0.1) is 6.04 Å². The summed E-state index contributed by atoms with van der Waals surface area (Å²) in [5.74, 6) is 0. The first-order valence-corrected chi connectivity index (χ1v) is 3.78. The topological polar surface area (TPSA) is 29.1 Å². The van der Waals surface area contributed by atoms with Crippen molar-refractivity contribution in [3.05, 3.63) is 0 Å². The first-order chi connectivity index (χ1) is 4.33. The molecule has 0 saturated heterocycles. The predicted molar refractivity (Wildman–Crippen MR) is 46.3 cm³/mol. The van der Waals surface area contributed by atoms with E-state index in [1.54, 1.807) is 6.92 Å². The highest BCUT2D eigenvalue weighted by Gasteiger charge is 2.16. The lowest BCUT2D eigenvalue weighted by Crippen LogP contribution is -2.44. The summed E-state index contributed by atoms with van der Waals surface area (Å²) in [7, 11) is 0. The predicted octanol–water partition coefficient (Wildman–Crippen LogP) is 1.22. The lowest BCUT2D eigenvalue weighted by molar-refractivity contribution is -0.112. The molecule has 0 radical (unpaired) electrons. The Morgan fingerprint density at radius 1 is 1.50 bits per heavy atom. The molecule has 0 aromatic carbocycles. The molecule has 0 fully saturated rings. The maximum absolute atomic E-state index is 10.6. The summed E-state index contributed by atoms with van der Waals surface area (Å²) in [6.45, 7) is 7.85. The lowest BCUT2D eigenvalue weighted by Gasteiger charge is -2.23. The van der Waals surface area contributed by atoms with Crippen LogP contribution in [0.25, 0.3) is 0 Å². The molecule has 0 aromatic rings. The van der Waals surface area contributed by atoms with Gasteiger partial charge in [0.2, 0.25) is 5.12 Å². The average molecular weight is 161 g/mol. The molecular formula is C7H15NOS. The molecule has 1 atom stereocenters. The van der Waals surface area contributed by atoms with E-state index in [1.165, 1.54) is 0 Å². The van der Waals surface area contributed by atoms with E-state index >= 15 is 0 Å². The van der Waals surface area contributed by atoms with Gasteiger partial charge in [0.25, 0.3) is 0 Å². The third-order valence-corrected chi connectivity index (χ3v) is 1.41. The van der Waals surface area contributed by atoms with Crippen molar-refractivity contribution in [3.63, 3.8) is 0 Å². The molecule has 0 rings (SSSR count). The van der Waals surface area contributed by atoms with E-state index in [0.29, 0.717) is 0 Å². The Bertz CT molecular complexity index is 128. The Hall–Kier alpha value is -0.0200. The number of carbonyl (C=O) groups excluding carboxylic acids is 1. The second-order valence-electron chi connectivity index (χ2n) is 3.45. The van der Waals surface area contributed by atoms with Crippen molar-refractivity contribution in [2.45, 2.75) is 39.3 Å². The first kappa shape index (κ1) is 9.98. The number of carbonyl (C=O) groups is 1. The molecule has 0 bridgehead atoms. The molecule has 1 N–H and O–H groups in total. The molecule has 0 aliphatic heterocycles. The molecule has 0 aliphatic rings. The van der Waals surface area contributed by atoms with Crippen molar-refractivity contribution < 1.29 is 4.79 Å². The number of hydrogen-bond donors (Lipinski definition) is 2. The third-order valence-electron chi connectivity index (χ3n) is 1.02. The lowest BCUT2D eigenvalue weighted by atomic mass is 10.1. The van der Waals surface area contributed by atoms with Gasteiger partial charge in [0.1, 0.15) is 0 Å². The summed E-state index contributed by atoms with van der Waals surface area (Å²) >= 11 is 3.70. The van der Waals surface area contributed by atoms with Crippen LogP contribution in [0.2, 0.25) is 0 Å². The highest BCUT2D eigenvalue weighted by molar-refractivity contribution is 7.96. The van der Waals surface area contributed by atoms with E-state index in [1.807, 2.05) is 20.8 Å². The van der Waals surface area contributed by atoms with Crippen LogP contribution in [0.5, 0.6) is 0 Å². The Morgan fingerprint density at radius 3 is 2.00 bits per heavy atom. The number of nitrogens with one attached hydrogen (secondary N) is 1. The number of hydrogen-bond acceptors (Lipinski definition) is 2. The van der Waals surface area contributed by atoms with Gasteiger partial charge in [-0.05, 0) is 27.7 Å². The summed E-state index contributed by atoms with van der Waals surface area (Å²) in [5.41, 5.74) is -0.0161. The largest absolute Gasteiger partial charge is 0.302 e. The van der Waals surface area contributed by atoms with Gasteiger partial charge in [0, 0.05) is 5.54 Å². The van der Waals surface area contributed by atoms with Gasteiger partial charge >= 0.3 is 0 Å². The molecule has 0 spiro atoms. The van der Waals surface area contributed by atoms with E-state index in [0.717, 1.165) is 0 Å². The quantitative estimate of drug-likeness (QED) is 0.596. The van der Waals surface area contributed by atoms with Crippen molar-refractivity contribution >= 4 is 17.7 Å². The monoisotopic (exact) mass is 161 g/mol. The van der Waals surface area contributed by atoms with Crippen LogP contribution in [0, 0.1) is 0 Å². The highest BCUT2D eigenvalue weighted by Crippen LogP contribution is 2.02. The third kappa shape index (κ3) is 4.82. The zero-order chi connectivity index (χ0) is 8.36. The zero-order valence-corrected chi connectivity index (χ0v) is 7.83. The second kappa shape index (κ2) is 3.39. The van der Waals surface area contributed by atoms with Crippen LogP contribution in [0.4, 0.5) is 0 Å². The van der Waals surface area contributed by atoms with Gasteiger partial charge in [-0.25, -0.2) is 0 Å². The minimum atomic E-state index is -0.164. The van der Waals surface area contributed by atoms with E-state index in [4.69, 9.17) is 0 Å². The van der Waals surface area contributed by atoms with Crippen LogP contribution in [0.1, 0.15) is 27.7 Å². The van der Waals surface area contributed by atoms with Crippen molar-refractivity contribution in [3.8, 4) is 0 Å². The maximum Gasteiger partial charge on any atom is 0.202 e. The summed E-state index contributed by atoms with van der Waals surface area (Å²) in [5, 5.41) is 2.98. The van der Waals surface area contributed by atoms with Crippen LogP contribution in [-0.2, 0) is 4.79 Å². The smallest absolute Gasteiger partial charge is 0.202 e.